The molecular formula is C12H20N2. The minimum Gasteiger partial charge on any atom is -0.282 e. The van der Waals surface area contributed by atoms with Crippen LogP contribution in [0.1, 0.15) is 44.9 Å². The molecule has 14 heavy (non-hydrogen) atoms. The molecule has 1 heterocycles. The summed E-state index contributed by atoms with van der Waals surface area (Å²) in [4.78, 5) is 0. The van der Waals surface area contributed by atoms with Crippen LogP contribution in [0.2, 0.25) is 0 Å². The van der Waals surface area contributed by atoms with Crippen molar-refractivity contribution in [1.29, 1.82) is 0 Å². The van der Waals surface area contributed by atoms with Crippen molar-refractivity contribution in [2.24, 2.45) is 11.3 Å². The van der Waals surface area contributed by atoms with Crippen molar-refractivity contribution in [3.63, 3.8) is 0 Å². The molecule has 1 aliphatic rings. The predicted molar refractivity (Wildman–Crippen MR) is 58.2 cm³/mol. The second-order valence-corrected chi connectivity index (χ2v) is 5.53. The number of H-pyrrole nitrogens is 1. The van der Waals surface area contributed by atoms with Gasteiger partial charge in [-0.3, -0.25) is 5.10 Å². The smallest absolute Gasteiger partial charge is 0.0522 e. The van der Waals surface area contributed by atoms with Gasteiger partial charge in [0.15, 0.2) is 0 Å². The highest BCUT2D eigenvalue weighted by atomic mass is 15.1. The Balaban J connectivity index is 2.20. The van der Waals surface area contributed by atoms with Gasteiger partial charge in [-0.25, -0.2) is 0 Å². The summed E-state index contributed by atoms with van der Waals surface area (Å²) < 4.78 is 0. The normalized spacial score (nSPS) is 22.9. The first-order valence-electron chi connectivity index (χ1n) is 5.58. The van der Waals surface area contributed by atoms with E-state index in [1.54, 1.807) is 0 Å². The van der Waals surface area contributed by atoms with E-state index in [9.17, 15) is 0 Å². The highest BCUT2D eigenvalue weighted by Gasteiger charge is 2.27. The fourth-order valence-corrected chi connectivity index (χ4v) is 2.36. The summed E-state index contributed by atoms with van der Waals surface area (Å²) in [6.07, 6.45) is 7.05. The summed E-state index contributed by atoms with van der Waals surface area (Å²) in [7, 11) is 0. The summed E-state index contributed by atoms with van der Waals surface area (Å²) in [6.45, 7) is 7.04. The topological polar surface area (TPSA) is 28.7 Å². The molecule has 1 atom stereocenters. The number of rotatable bonds is 0. The van der Waals surface area contributed by atoms with Crippen LogP contribution in [0.5, 0.6) is 0 Å². The summed E-state index contributed by atoms with van der Waals surface area (Å²) >= 11 is 0. The van der Waals surface area contributed by atoms with Gasteiger partial charge in [-0.05, 0) is 42.6 Å². The van der Waals surface area contributed by atoms with E-state index in [0.717, 1.165) is 5.92 Å². The molecule has 1 aromatic rings. The molecule has 1 aromatic heterocycles. The molecule has 1 aliphatic carbocycles. The monoisotopic (exact) mass is 192 g/mol. The third-order valence-electron chi connectivity index (χ3n) is 3.48. The van der Waals surface area contributed by atoms with Crippen LogP contribution in [0.3, 0.4) is 0 Å². The zero-order chi connectivity index (χ0) is 10.2. The van der Waals surface area contributed by atoms with E-state index in [0.29, 0.717) is 5.41 Å². The SMILES string of the molecule is CC(C)(C)C1CCCc2cn[nH]c2C1. The molecule has 2 heteroatoms. The van der Waals surface area contributed by atoms with E-state index in [4.69, 9.17) is 0 Å². The lowest BCUT2D eigenvalue weighted by atomic mass is 9.76. The number of hydrogen-bond acceptors (Lipinski definition) is 1. The molecule has 78 valence electrons. The van der Waals surface area contributed by atoms with E-state index >= 15 is 0 Å². The second kappa shape index (κ2) is 3.41. The Morgan fingerprint density at radius 3 is 2.93 bits per heavy atom. The first kappa shape index (κ1) is 9.75. The highest BCUT2D eigenvalue weighted by Crippen LogP contribution is 2.35. The Labute approximate surface area is 86.1 Å². The maximum absolute atomic E-state index is 4.14. The Morgan fingerprint density at radius 2 is 2.21 bits per heavy atom. The number of hydrogen-bond donors (Lipinski definition) is 1. The van der Waals surface area contributed by atoms with Gasteiger partial charge in [0.2, 0.25) is 0 Å². The summed E-state index contributed by atoms with van der Waals surface area (Å²) in [5.41, 5.74) is 3.24. The number of aromatic amines is 1. The van der Waals surface area contributed by atoms with E-state index in [1.807, 2.05) is 6.20 Å². The fraction of sp³-hybridized carbons (Fsp3) is 0.750. The number of nitrogens with zero attached hydrogens (tertiary/aromatic N) is 1. The lowest BCUT2D eigenvalue weighted by Gasteiger charge is -2.29. The molecule has 0 amide bonds. The van der Waals surface area contributed by atoms with Crippen molar-refractivity contribution < 1.29 is 0 Å². The molecule has 0 aliphatic heterocycles. The van der Waals surface area contributed by atoms with Crippen molar-refractivity contribution >= 4 is 0 Å². The standard InChI is InChI=1S/C12H20N2/c1-12(2,3)10-6-4-5-9-8-13-14-11(9)7-10/h8,10H,4-7H2,1-3H3,(H,13,14). The molecule has 0 aromatic carbocycles. The number of fused-ring (bicyclic) bond motifs is 1. The molecule has 1 N–H and O–H groups in total. The van der Waals surface area contributed by atoms with Crippen molar-refractivity contribution in [1.82, 2.24) is 10.2 Å². The van der Waals surface area contributed by atoms with Crippen LogP contribution < -0.4 is 0 Å². The Kier molecular flexibility index (Phi) is 2.38. The van der Waals surface area contributed by atoms with Crippen molar-refractivity contribution in [3.8, 4) is 0 Å². The second-order valence-electron chi connectivity index (χ2n) is 5.53. The largest absolute Gasteiger partial charge is 0.282 e. The molecule has 2 nitrogen and oxygen atoms in total. The zero-order valence-electron chi connectivity index (χ0n) is 9.43. The minimum atomic E-state index is 0.423. The molecule has 2 rings (SSSR count). The van der Waals surface area contributed by atoms with Gasteiger partial charge >= 0.3 is 0 Å². The number of nitrogens with one attached hydrogen (secondary N) is 1. The summed E-state index contributed by atoms with van der Waals surface area (Å²) in [5, 5.41) is 7.29. The van der Waals surface area contributed by atoms with Crippen LogP contribution in [0.25, 0.3) is 0 Å². The van der Waals surface area contributed by atoms with Gasteiger partial charge in [-0.15, -0.1) is 0 Å². The lowest BCUT2D eigenvalue weighted by Crippen LogP contribution is -2.22. The molecule has 0 radical (unpaired) electrons. The Bertz CT molecular complexity index is 306. The van der Waals surface area contributed by atoms with Gasteiger partial charge in [-0.1, -0.05) is 20.8 Å². The molecule has 0 saturated heterocycles. The van der Waals surface area contributed by atoms with Gasteiger partial charge in [0, 0.05) is 5.69 Å². The van der Waals surface area contributed by atoms with Crippen LogP contribution in [0.4, 0.5) is 0 Å². The van der Waals surface area contributed by atoms with Crippen LogP contribution in [0.15, 0.2) is 6.20 Å². The molecular weight excluding hydrogens is 172 g/mol. The molecule has 1 unspecified atom stereocenters. The molecule has 0 saturated carbocycles. The average Bonchev–Trinajstić information content (AvgIpc) is 2.41. The Morgan fingerprint density at radius 1 is 1.43 bits per heavy atom. The van der Waals surface area contributed by atoms with Gasteiger partial charge in [-0.2, -0.15) is 5.10 Å². The van der Waals surface area contributed by atoms with Gasteiger partial charge in [0.1, 0.15) is 0 Å². The van der Waals surface area contributed by atoms with E-state index < -0.39 is 0 Å². The van der Waals surface area contributed by atoms with E-state index in [2.05, 4.69) is 31.0 Å². The first-order valence-corrected chi connectivity index (χ1v) is 5.58. The predicted octanol–water partition coefficient (Wildman–Crippen LogP) is 2.95. The van der Waals surface area contributed by atoms with Crippen molar-refractivity contribution in [2.75, 3.05) is 0 Å². The Hall–Kier alpha value is -0.790. The summed E-state index contributed by atoms with van der Waals surface area (Å²) in [5.74, 6) is 0.796. The van der Waals surface area contributed by atoms with E-state index in [-0.39, 0.29) is 0 Å². The van der Waals surface area contributed by atoms with E-state index in [1.165, 1.54) is 36.9 Å². The van der Waals surface area contributed by atoms with Gasteiger partial charge in [0.25, 0.3) is 0 Å². The molecule has 0 spiro atoms. The van der Waals surface area contributed by atoms with Crippen LogP contribution in [-0.4, -0.2) is 10.2 Å². The third-order valence-corrected chi connectivity index (χ3v) is 3.48. The zero-order valence-corrected chi connectivity index (χ0v) is 9.43. The molecule has 0 fully saturated rings. The van der Waals surface area contributed by atoms with Crippen LogP contribution >= 0.6 is 0 Å². The highest BCUT2D eigenvalue weighted by molar-refractivity contribution is 5.18. The number of aryl methyl sites for hydroxylation is 1. The maximum Gasteiger partial charge on any atom is 0.0522 e. The van der Waals surface area contributed by atoms with Gasteiger partial charge in [0.05, 0.1) is 6.20 Å². The van der Waals surface area contributed by atoms with Gasteiger partial charge < -0.3 is 0 Å². The molecule has 0 bridgehead atoms. The average molecular weight is 192 g/mol. The first-order chi connectivity index (χ1) is 6.57. The minimum absolute atomic E-state index is 0.423. The lowest BCUT2D eigenvalue weighted by molar-refractivity contribution is 0.223. The number of aromatic nitrogens is 2. The fourth-order valence-electron chi connectivity index (χ4n) is 2.36. The summed E-state index contributed by atoms with van der Waals surface area (Å²) in [6, 6.07) is 0. The van der Waals surface area contributed by atoms with Crippen LogP contribution in [-0.2, 0) is 12.8 Å². The third kappa shape index (κ3) is 1.84. The van der Waals surface area contributed by atoms with Crippen molar-refractivity contribution in [2.45, 2.75) is 46.5 Å². The van der Waals surface area contributed by atoms with Crippen molar-refractivity contribution in [3.05, 3.63) is 17.5 Å². The maximum atomic E-state index is 4.14. The quantitative estimate of drug-likeness (QED) is 0.629. The van der Waals surface area contributed by atoms with Crippen LogP contribution in [0, 0.1) is 11.3 Å².